The summed E-state index contributed by atoms with van der Waals surface area (Å²) in [5.74, 6) is 0. The Kier molecular flexibility index (Phi) is 1.63. The van der Waals surface area contributed by atoms with E-state index in [1.54, 1.807) is 10.9 Å². The lowest BCUT2D eigenvalue weighted by molar-refractivity contribution is 0.800. The highest BCUT2D eigenvalue weighted by atomic mass is 79.9. The first-order valence-electron chi connectivity index (χ1n) is 3.91. The molecule has 0 aliphatic carbocycles. The van der Waals surface area contributed by atoms with Gasteiger partial charge in [0.1, 0.15) is 0 Å². The lowest BCUT2D eigenvalue weighted by Gasteiger charge is -2.01. The highest BCUT2D eigenvalue weighted by Gasteiger charge is 1.99. The van der Waals surface area contributed by atoms with E-state index < -0.39 is 0 Å². The van der Waals surface area contributed by atoms with Gasteiger partial charge in [-0.1, -0.05) is 17.3 Å². The molecule has 0 spiro atoms. The smallest absolute Gasteiger partial charge is 0.0877 e. The molecule has 0 bridgehead atoms. The average Bonchev–Trinajstić information content (AvgIpc) is 2.53. The van der Waals surface area contributed by atoms with Crippen LogP contribution < -0.4 is 0 Å². The number of rotatable bonds is 1. The Labute approximate surface area is 79.6 Å². The molecule has 1 heterocycles. The van der Waals surface area contributed by atoms with Crippen molar-refractivity contribution in [2.75, 3.05) is 0 Å². The first-order valence-corrected chi connectivity index (χ1v) is 4.20. The van der Waals surface area contributed by atoms with E-state index in [4.69, 9.17) is 1.37 Å². The topological polar surface area (TPSA) is 30.7 Å². The fourth-order valence-electron chi connectivity index (χ4n) is 0.936. The number of halogens is 1. The summed E-state index contributed by atoms with van der Waals surface area (Å²) in [6, 6.07) is 7.65. The third-order valence-electron chi connectivity index (χ3n) is 1.48. The second kappa shape index (κ2) is 3.06. The van der Waals surface area contributed by atoms with Gasteiger partial charge in [0.05, 0.1) is 19.4 Å². The summed E-state index contributed by atoms with van der Waals surface area (Å²) >= 11 is 3.39. The van der Waals surface area contributed by atoms with Crippen molar-refractivity contribution < 1.29 is 1.37 Å². The summed E-state index contributed by atoms with van der Waals surface area (Å²) < 4.78 is 9.72. The van der Waals surface area contributed by atoms with E-state index in [2.05, 4.69) is 26.2 Å². The summed E-state index contributed by atoms with van der Waals surface area (Å²) in [5.41, 5.74) is 0.883. The van der Waals surface area contributed by atoms with Gasteiger partial charge in [-0.2, -0.15) is 0 Å². The van der Waals surface area contributed by atoms with E-state index in [0.717, 1.165) is 10.2 Å². The number of benzene rings is 1. The van der Waals surface area contributed by atoms with Crippen molar-refractivity contribution in [2.45, 2.75) is 0 Å². The molecular formula is C8H6BrN3. The molecule has 0 atom stereocenters. The lowest BCUT2D eigenvalue weighted by atomic mass is 10.3. The molecule has 0 N–H and O–H groups in total. The minimum Gasteiger partial charge on any atom is -0.220 e. The van der Waals surface area contributed by atoms with Gasteiger partial charge in [0.25, 0.3) is 0 Å². The molecule has 0 saturated heterocycles. The van der Waals surface area contributed by atoms with Crippen molar-refractivity contribution in [1.82, 2.24) is 15.0 Å². The summed E-state index contributed by atoms with van der Waals surface area (Å²) in [6.07, 6.45) is 1.72. The van der Waals surface area contributed by atoms with Crippen LogP contribution in [0.15, 0.2) is 41.1 Å². The molecule has 0 saturated carbocycles. The van der Waals surface area contributed by atoms with Crippen LogP contribution in [0.3, 0.4) is 0 Å². The van der Waals surface area contributed by atoms with Gasteiger partial charge in [-0.25, -0.2) is 4.68 Å². The molecule has 0 radical (unpaired) electrons. The van der Waals surface area contributed by atoms with Crippen LogP contribution in [0.25, 0.3) is 5.69 Å². The predicted octanol–water partition coefficient (Wildman–Crippen LogP) is 2.03. The fraction of sp³-hybridized carbons (Fsp3) is 0. The molecule has 0 amide bonds. The third-order valence-corrected chi connectivity index (χ3v) is 2.15. The third kappa shape index (κ3) is 1.25. The Morgan fingerprint density at radius 3 is 2.92 bits per heavy atom. The second-order valence-electron chi connectivity index (χ2n) is 2.24. The summed E-state index contributed by atoms with van der Waals surface area (Å²) in [6.45, 7) is 0. The molecule has 2 rings (SSSR count). The lowest BCUT2D eigenvalue weighted by Crippen LogP contribution is -1.95. The largest absolute Gasteiger partial charge is 0.220 e. The normalized spacial score (nSPS) is 11.2. The van der Waals surface area contributed by atoms with Crippen LogP contribution >= 0.6 is 15.9 Å². The number of hydrogen-bond acceptors (Lipinski definition) is 2. The standard InChI is InChI=1S/C8H6BrN3/c9-7-3-1-2-4-8(7)12-6-5-10-11-12/h1-6H/i5D. The minimum absolute atomic E-state index is 0.163. The Hall–Kier alpha value is -1.16. The van der Waals surface area contributed by atoms with Crippen LogP contribution in [0.2, 0.25) is 0 Å². The van der Waals surface area contributed by atoms with Crippen LogP contribution in [0.4, 0.5) is 0 Å². The fourth-order valence-corrected chi connectivity index (χ4v) is 1.40. The van der Waals surface area contributed by atoms with Gasteiger partial charge >= 0.3 is 0 Å². The van der Waals surface area contributed by atoms with E-state index in [1.165, 1.54) is 0 Å². The van der Waals surface area contributed by atoms with Crippen LogP contribution in [0, 0.1) is 0 Å². The van der Waals surface area contributed by atoms with Crippen molar-refractivity contribution in [3.05, 3.63) is 41.1 Å². The molecule has 3 nitrogen and oxygen atoms in total. The number of nitrogens with zero attached hydrogens (tertiary/aromatic N) is 3. The molecule has 0 aliphatic heterocycles. The highest BCUT2D eigenvalue weighted by Crippen LogP contribution is 2.18. The Morgan fingerprint density at radius 2 is 2.25 bits per heavy atom. The highest BCUT2D eigenvalue weighted by molar-refractivity contribution is 9.10. The van der Waals surface area contributed by atoms with Crippen LogP contribution in [0.5, 0.6) is 0 Å². The zero-order valence-corrected chi connectivity index (χ0v) is 7.69. The first kappa shape index (κ1) is 6.37. The number of aromatic nitrogens is 3. The molecule has 2 aromatic rings. The molecule has 60 valence electrons. The molecule has 1 aromatic carbocycles. The molecule has 1 aromatic heterocycles. The monoisotopic (exact) mass is 224 g/mol. The summed E-state index contributed by atoms with van der Waals surface area (Å²) in [7, 11) is 0. The van der Waals surface area contributed by atoms with Crippen molar-refractivity contribution in [2.24, 2.45) is 0 Å². The zero-order valence-electron chi connectivity index (χ0n) is 7.11. The molecule has 4 heteroatoms. The second-order valence-corrected chi connectivity index (χ2v) is 3.10. The van der Waals surface area contributed by atoms with Gasteiger partial charge in [-0.15, -0.1) is 5.10 Å². The van der Waals surface area contributed by atoms with E-state index in [9.17, 15) is 0 Å². The van der Waals surface area contributed by atoms with E-state index in [1.807, 2.05) is 24.3 Å². The minimum atomic E-state index is 0.163. The molecular weight excluding hydrogens is 218 g/mol. The Morgan fingerprint density at radius 1 is 1.42 bits per heavy atom. The van der Waals surface area contributed by atoms with Gasteiger partial charge in [0, 0.05) is 4.47 Å². The summed E-state index contributed by atoms with van der Waals surface area (Å²) in [5, 5.41) is 7.39. The van der Waals surface area contributed by atoms with Gasteiger partial charge in [0.15, 0.2) is 0 Å². The SMILES string of the molecule is [2H]c1cn(-c2ccccc2Br)nn1. The predicted molar refractivity (Wildman–Crippen MR) is 49.1 cm³/mol. The van der Waals surface area contributed by atoms with Crippen LogP contribution in [-0.2, 0) is 0 Å². The van der Waals surface area contributed by atoms with Crippen molar-refractivity contribution in [3.8, 4) is 5.69 Å². The van der Waals surface area contributed by atoms with E-state index >= 15 is 0 Å². The molecule has 0 fully saturated rings. The van der Waals surface area contributed by atoms with Gasteiger partial charge in [0.2, 0.25) is 0 Å². The molecule has 0 unspecified atom stereocenters. The van der Waals surface area contributed by atoms with Gasteiger partial charge in [-0.3, -0.25) is 0 Å². The van der Waals surface area contributed by atoms with Crippen molar-refractivity contribution in [3.63, 3.8) is 0 Å². The number of hydrogen-bond donors (Lipinski definition) is 0. The van der Waals surface area contributed by atoms with Crippen LogP contribution in [-0.4, -0.2) is 15.0 Å². The summed E-state index contributed by atoms with van der Waals surface area (Å²) in [4.78, 5) is 0. The van der Waals surface area contributed by atoms with Gasteiger partial charge in [-0.05, 0) is 28.1 Å². The Bertz CT molecular complexity index is 427. The molecule has 0 aliphatic rings. The Balaban J connectivity index is 2.52. The van der Waals surface area contributed by atoms with Gasteiger partial charge < -0.3 is 0 Å². The quantitative estimate of drug-likeness (QED) is 0.743. The average molecular weight is 225 g/mol. The molecule has 12 heavy (non-hydrogen) atoms. The maximum atomic E-state index is 7.23. The van der Waals surface area contributed by atoms with E-state index in [-0.39, 0.29) is 6.17 Å². The first-order chi connectivity index (χ1) is 6.27. The maximum Gasteiger partial charge on any atom is 0.0877 e. The van der Waals surface area contributed by atoms with Crippen molar-refractivity contribution in [1.29, 1.82) is 0 Å². The van der Waals surface area contributed by atoms with Crippen molar-refractivity contribution >= 4 is 15.9 Å². The van der Waals surface area contributed by atoms with Crippen LogP contribution in [0.1, 0.15) is 1.37 Å². The maximum absolute atomic E-state index is 7.23. The van der Waals surface area contributed by atoms with E-state index in [0.29, 0.717) is 0 Å². The number of para-hydroxylation sites is 1. The zero-order chi connectivity index (χ0) is 9.26.